The zero-order valence-corrected chi connectivity index (χ0v) is 10.7. The van der Waals surface area contributed by atoms with Gasteiger partial charge in [0.25, 0.3) is 5.56 Å². The molecule has 11 nitrogen and oxygen atoms in total. The van der Waals surface area contributed by atoms with Crippen molar-refractivity contribution >= 4 is 0 Å². The van der Waals surface area contributed by atoms with Gasteiger partial charge >= 0.3 is 5.69 Å². The van der Waals surface area contributed by atoms with Crippen molar-refractivity contribution in [3.8, 4) is 0 Å². The maximum atomic E-state index is 11.7. The third-order valence-corrected chi connectivity index (χ3v) is 3.00. The van der Waals surface area contributed by atoms with Crippen molar-refractivity contribution in [2.45, 2.75) is 24.5 Å². The van der Waals surface area contributed by atoms with Crippen LogP contribution in [0, 0.1) is 0 Å². The van der Waals surface area contributed by atoms with Crippen LogP contribution >= 0.6 is 0 Å². The fourth-order valence-corrected chi connectivity index (χ4v) is 2.08. The van der Waals surface area contributed by atoms with Gasteiger partial charge in [0.1, 0.15) is 25.0 Å². The summed E-state index contributed by atoms with van der Waals surface area (Å²) in [4.78, 5) is 27.2. The molecule has 3 N–H and O–H groups in total. The molecule has 4 atom stereocenters. The lowest BCUT2D eigenvalue weighted by Crippen LogP contribution is -2.39. The number of hydrogen-bond donors (Lipinski definition) is 3. The van der Waals surface area contributed by atoms with E-state index in [0.717, 1.165) is 10.6 Å². The highest BCUT2D eigenvalue weighted by Gasteiger charge is 2.45. The van der Waals surface area contributed by atoms with Crippen molar-refractivity contribution in [2.24, 2.45) is 5.11 Å². The molecule has 1 aromatic rings. The van der Waals surface area contributed by atoms with Crippen LogP contribution in [0.4, 0.5) is 0 Å². The molecule has 1 aliphatic heterocycles. The molecule has 11 heteroatoms. The summed E-state index contributed by atoms with van der Waals surface area (Å²) in [7, 11) is 0. The molecular weight excluding hydrogens is 286 g/mol. The van der Waals surface area contributed by atoms with Crippen molar-refractivity contribution < 1.29 is 19.7 Å². The molecule has 2 rings (SSSR count). The van der Waals surface area contributed by atoms with Crippen molar-refractivity contribution in [1.29, 1.82) is 0 Å². The first kappa shape index (κ1) is 15.2. The molecule has 0 bridgehead atoms. The molecule has 1 aliphatic rings. The van der Waals surface area contributed by atoms with E-state index < -0.39 is 42.4 Å². The van der Waals surface area contributed by atoms with E-state index in [2.05, 4.69) is 10.0 Å². The highest BCUT2D eigenvalue weighted by molar-refractivity contribution is 4.93. The summed E-state index contributed by atoms with van der Waals surface area (Å²) in [6, 6.07) is 1.10. The smallest absolute Gasteiger partial charge is 0.330 e. The number of nitrogens with zero attached hydrogens (tertiary/aromatic N) is 4. The van der Waals surface area contributed by atoms with Crippen molar-refractivity contribution in [3.05, 3.63) is 43.5 Å². The number of hydrogen-bond acceptors (Lipinski definition) is 7. The second-order valence-electron chi connectivity index (χ2n) is 4.25. The molecule has 0 amide bonds. The van der Waals surface area contributed by atoms with E-state index in [1.54, 1.807) is 0 Å². The monoisotopic (exact) mass is 299 g/mol. The highest BCUT2D eigenvalue weighted by atomic mass is 16.6. The molecule has 2 heterocycles. The Morgan fingerprint density at radius 1 is 1.57 bits per heavy atom. The Bertz CT molecular complexity index is 650. The SMILES string of the molecule is [N-]=[N+]=NCO[C@H]1[C@@H](O)[C@H](n2ccc(=O)[nH]c2=O)O[C@@H]1CO. The van der Waals surface area contributed by atoms with E-state index in [1.807, 2.05) is 4.98 Å². The number of nitrogens with one attached hydrogen (secondary N) is 1. The Labute approximate surface area is 117 Å². The Hall–Kier alpha value is -2.17. The maximum absolute atomic E-state index is 11.7. The van der Waals surface area contributed by atoms with Crippen LogP contribution in [0.3, 0.4) is 0 Å². The average molecular weight is 299 g/mol. The predicted octanol–water partition coefficient (Wildman–Crippen LogP) is -1.56. The Morgan fingerprint density at radius 2 is 2.33 bits per heavy atom. The van der Waals surface area contributed by atoms with Gasteiger partial charge in [-0.1, -0.05) is 5.11 Å². The minimum atomic E-state index is -1.29. The standard InChI is InChI=1S/C10H13N5O6/c11-14-12-4-20-8-5(3-16)21-9(7(8)18)15-2-1-6(17)13-10(15)19/h1-2,5,7-9,16,18H,3-4H2,(H,13,17,19)/t5-,7-,8-,9-/m1/s1. The Morgan fingerprint density at radius 3 is 2.95 bits per heavy atom. The van der Waals surface area contributed by atoms with Crippen molar-refractivity contribution in [2.75, 3.05) is 13.3 Å². The van der Waals surface area contributed by atoms with Crippen LogP contribution in [0.25, 0.3) is 10.4 Å². The number of H-pyrrole nitrogens is 1. The van der Waals surface area contributed by atoms with E-state index in [1.165, 1.54) is 6.20 Å². The van der Waals surface area contributed by atoms with Gasteiger partial charge in [-0.25, -0.2) is 4.79 Å². The molecule has 114 valence electrons. The quantitative estimate of drug-likeness (QED) is 0.338. The normalized spacial score (nSPS) is 28.3. The summed E-state index contributed by atoms with van der Waals surface area (Å²) in [5.74, 6) is 0. The molecule has 0 radical (unpaired) electrons. The number of ether oxygens (including phenoxy) is 2. The number of aromatic nitrogens is 2. The summed E-state index contributed by atoms with van der Waals surface area (Å²) in [6.45, 7) is -0.822. The number of rotatable bonds is 5. The first-order valence-corrected chi connectivity index (χ1v) is 5.96. The minimum Gasteiger partial charge on any atom is -0.394 e. The van der Waals surface area contributed by atoms with Gasteiger partial charge < -0.3 is 19.7 Å². The lowest BCUT2D eigenvalue weighted by Gasteiger charge is -2.19. The van der Waals surface area contributed by atoms with Gasteiger partial charge in [-0.05, 0) is 5.53 Å². The van der Waals surface area contributed by atoms with Gasteiger partial charge in [-0.15, -0.1) is 0 Å². The van der Waals surface area contributed by atoms with Crippen LogP contribution in [-0.2, 0) is 9.47 Å². The second kappa shape index (κ2) is 6.52. The first-order chi connectivity index (χ1) is 10.1. The van der Waals surface area contributed by atoms with E-state index >= 15 is 0 Å². The van der Waals surface area contributed by atoms with Crippen LogP contribution in [0.5, 0.6) is 0 Å². The predicted molar refractivity (Wildman–Crippen MR) is 67.2 cm³/mol. The van der Waals surface area contributed by atoms with Gasteiger partial charge in [-0.2, -0.15) is 0 Å². The van der Waals surface area contributed by atoms with Gasteiger partial charge in [0, 0.05) is 17.2 Å². The summed E-state index contributed by atoms with van der Waals surface area (Å²) in [5.41, 5.74) is 6.83. The van der Waals surface area contributed by atoms with Crippen LogP contribution in [0.15, 0.2) is 27.0 Å². The number of azide groups is 1. The zero-order chi connectivity index (χ0) is 15.4. The van der Waals surface area contributed by atoms with Crippen LogP contribution in [0.1, 0.15) is 6.23 Å². The number of aliphatic hydroxyl groups excluding tert-OH is 2. The fraction of sp³-hybridized carbons (Fsp3) is 0.600. The molecule has 1 aromatic heterocycles. The lowest BCUT2D eigenvalue weighted by molar-refractivity contribution is -0.0613. The van der Waals surface area contributed by atoms with Crippen molar-refractivity contribution in [3.63, 3.8) is 0 Å². The van der Waals surface area contributed by atoms with Gasteiger partial charge in [0.2, 0.25) is 0 Å². The largest absolute Gasteiger partial charge is 0.394 e. The number of aliphatic hydroxyl groups is 2. The highest BCUT2D eigenvalue weighted by Crippen LogP contribution is 2.30. The van der Waals surface area contributed by atoms with E-state index in [-0.39, 0.29) is 6.73 Å². The molecule has 1 fully saturated rings. The fourth-order valence-electron chi connectivity index (χ4n) is 2.08. The molecule has 0 aromatic carbocycles. The summed E-state index contributed by atoms with van der Waals surface area (Å²) < 4.78 is 11.5. The average Bonchev–Trinajstić information content (AvgIpc) is 2.76. The molecule has 1 saturated heterocycles. The maximum Gasteiger partial charge on any atom is 0.330 e. The molecule has 0 unspecified atom stereocenters. The zero-order valence-electron chi connectivity index (χ0n) is 10.7. The number of aromatic amines is 1. The Kier molecular flexibility index (Phi) is 4.73. The summed E-state index contributed by atoms with van der Waals surface area (Å²) in [6.07, 6.45) is -3.15. The van der Waals surface area contributed by atoms with E-state index in [4.69, 9.17) is 15.0 Å². The van der Waals surface area contributed by atoms with E-state index in [0.29, 0.717) is 0 Å². The van der Waals surface area contributed by atoms with Gasteiger partial charge in [-0.3, -0.25) is 14.3 Å². The summed E-state index contributed by atoms with van der Waals surface area (Å²) >= 11 is 0. The van der Waals surface area contributed by atoms with Gasteiger partial charge in [0.05, 0.1) is 6.61 Å². The second-order valence-corrected chi connectivity index (χ2v) is 4.25. The topological polar surface area (TPSA) is 163 Å². The lowest BCUT2D eigenvalue weighted by atomic mass is 10.1. The molecule has 0 spiro atoms. The van der Waals surface area contributed by atoms with Crippen LogP contribution < -0.4 is 11.2 Å². The van der Waals surface area contributed by atoms with Crippen molar-refractivity contribution in [1.82, 2.24) is 9.55 Å². The molecule has 0 aliphatic carbocycles. The third kappa shape index (κ3) is 3.12. The molecule has 0 saturated carbocycles. The molecular formula is C10H13N5O6. The van der Waals surface area contributed by atoms with Gasteiger partial charge in [0.15, 0.2) is 6.23 Å². The van der Waals surface area contributed by atoms with Crippen LogP contribution in [0.2, 0.25) is 0 Å². The first-order valence-electron chi connectivity index (χ1n) is 5.96. The van der Waals surface area contributed by atoms with Crippen LogP contribution in [-0.4, -0.2) is 51.4 Å². The van der Waals surface area contributed by atoms with E-state index in [9.17, 15) is 19.8 Å². The Balaban J connectivity index is 2.24. The molecule has 21 heavy (non-hydrogen) atoms. The third-order valence-electron chi connectivity index (χ3n) is 3.00. The summed E-state index contributed by atoms with van der Waals surface area (Å²) in [5, 5.41) is 22.5. The minimum absolute atomic E-state index is 0.356.